The minimum Gasteiger partial charge on any atom is -0.308 e. The van der Waals surface area contributed by atoms with Gasteiger partial charge in [0, 0.05) is 10.5 Å². The van der Waals surface area contributed by atoms with Crippen LogP contribution >= 0.6 is 11.8 Å². The molecular weight excluding hydrogens is 351 g/mol. The highest BCUT2D eigenvalue weighted by Gasteiger charge is 2.62. The van der Waals surface area contributed by atoms with Crippen molar-refractivity contribution in [2.75, 3.05) is 4.90 Å². The molecule has 4 rings (SSSR count). The number of hydrogen-bond acceptors (Lipinski definition) is 3. The molecule has 0 radical (unpaired) electrons. The molecule has 25 heavy (non-hydrogen) atoms. The lowest BCUT2D eigenvalue weighted by Gasteiger charge is -2.46. The zero-order chi connectivity index (χ0) is 17.8. The SMILES string of the molecule is Cc1ccc([C@]2(C(F)(F)F)NC(=O)N3c4ccccc4S[C@@H]3N2)cc1. The van der Waals surface area contributed by atoms with Gasteiger partial charge in [0.25, 0.3) is 0 Å². The van der Waals surface area contributed by atoms with E-state index in [-0.39, 0.29) is 5.56 Å². The maximum atomic E-state index is 14.0. The van der Waals surface area contributed by atoms with Crippen LogP contribution in [0.4, 0.5) is 23.7 Å². The number of alkyl halides is 3. The predicted octanol–water partition coefficient (Wildman–Crippen LogP) is 3.92. The summed E-state index contributed by atoms with van der Waals surface area (Å²) in [6.45, 7) is 1.79. The lowest BCUT2D eigenvalue weighted by Crippen LogP contribution is -2.75. The molecular formula is C17H14F3N3OS. The summed E-state index contributed by atoms with van der Waals surface area (Å²) < 4.78 is 42.1. The van der Waals surface area contributed by atoms with Gasteiger partial charge in [-0.2, -0.15) is 13.2 Å². The maximum Gasteiger partial charge on any atom is 0.429 e. The summed E-state index contributed by atoms with van der Waals surface area (Å²) in [6.07, 6.45) is -4.71. The minimum atomic E-state index is -4.71. The van der Waals surface area contributed by atoms with E-state index in [1.165, 1.54) is 28.8 Å². The van der Waals surface area contributed by atoms with Gasteiger partial charge in [0.15, 0.2) is 0 Å². The van der Waals surface area contributed by atoms with Gasteiger partial charge >= 0.3 is 12.2 Å². The van der Waals surface area contributed by atoms with Crippen molar-refractivity contribution in [1.29, 1.82) is 0 Å². The first-order valence-corrected chi connectivity index (χ1v) is 8.48. The van der Waals surface area contributed by atoms with E-state index in [0.29, 0.717) is 5.69 Å². The summed E-state index contributed by atoms with van der Waals surface area (Å²) in [4.78, 5) is 14.7. The third kappa shape index (κ3) is 2.39. The Bertz CT molecular complexity index is 840. The Morgan fingerprint density at radius 3 is 2.48 bits per heavy atom. The average Bonchev–Trinajstić information content (AvgIpc) is 2.92. The smallest absolute Gasteiger partial charge is 0.308 e. The van der Waals surface area contributed by atoms with Gasteiger partial charge in [-0.05, 0) is 19.1 Å². The van der Waals surface area contributed by atoms with E-state index in [0.717, 1.165) is 10.5 Å². The molecule has 8 heteroatoms. The van der Waals surface area contributed by atoms with Gasteiger partial charge in [0.2, 0.25) is 5.66 Å². The van der Waals surface area contributed by atoms with Gasteiger partial charge < -0.3 is 5.32 Å². The number of rotatable bonds is 1. The van der Waals surface area contributed by atoms with Gasteiger partial charge in [0.1, 0.15) is 5.50 Å². The lowest BCUT2D eigenvalue weighted by molar-refractivity contribution is -0.210. The number of aryl methyl sites for hydroxylation is 1. The third-order valence-electron chi connectivity index (χ3n) is 4.36. The molecule has 1 saturated heterocycles. The van der Waals surface area contributed by atoms with E-state index in [2.05, 4.69) is 10.6 Å². The fourth-order valence-electron chi connectivity index (χ4n) is 3.08. The quantitative estimate of drug-likeness (QED) is 0.805. The molecule has 2 N–H and O–H groups in total. The number of amides is 2. The third-order valence-corrected chi connectivity index (χ3v) is 5.51. The van der Waals surface area contributed by atoms with Crippen LogP contribution in [0.25, 0.3) is 0 Å². The summed E-state index contributed by atoms with van der Waals surface area (Å²) in [5.74, 6) is 0. The second kappa shape index (κ2) is 5.40. The standard InChI is InChI=1S/C17H14F3N3OS/c1-10-6-8-11(9-7-10)16(17(18,19)20)21-14(24)23-12-4-2-3-5-13(12)25-15(23)22-16/h2-9,15,22H,1H3,(H,21,24)/t15-,16+/m1/s1. The lowest BCUT2D eigenvalue weighted by atomic mass is 9.96. The monoisotopic (exact) mass is 365 g/mol. The summed E-state index contributed by atoms with van der Waals surface area (Å²) in [5.41, 5.74) is -2.08. The van der Waals surface area contributed by atoms with Gasteiger partial charge in [-0.25, -0.2) is 4.79 Å². The van der Waals surface area contributed by atoms with E-state index in [1.54, 1.807) is 43.3 Å². The van der Waals surface area contributed by atoms with E-state index in [4.69, 9.17) is 0 Å². The molecule has 0 saturated carbocycles. The van der Waals surface area contributed by atoms with Gasteiger partial charge in [-0.15, -0.1) is 0 Å². The predicted molar refractivity (Wildman–Crippen MR) is 89.1 cm³/mol. The van der Waals surface area contributed by atoms with Crippen molar-refractivity contribution in [2.45, 2.75) is 29.2 Å². The average molecular weight is 365 g/mol. The molecule has 130 valence electrons. The second-order valence-corrected chi connectivity index (χ2v) is 7.12. The van der Waals surface area contributed by atoms with Gasteiger partial charge in [0.05, 0.1) is 5.69 Å². The molecule has 2 aromatic carbocycles. The number of nitrogens with zero attached hydrogens (tertiary/aromatic N) is 1. The highest BCUT2D eigenvalue weighted by Crippen LogP contribution is 2.48. The van der Waals surface area contributed by atoms with E-state index >= 15 is 0 Å². The van der Waals surface area contributed by atoms with Crippen LogP contribution in [0.15, 0.2) is 53.4 Å². The highest BCUT2D eigenvalue weighted by molar-refractivity contribution is 8.00. The van der Waals surface area contributed by atoms with Gasteiger partial charge in [-0.1, -0.05) is 53.7 Å². The Morgan fingerprint density at radius 2 is 1.80 bits per heavy atom. The second-order valence-electron chi connectivity index (χ2n) is 6.00. The molecule has 0 spiro atoms. The van der Waals surface area contributed by atoms with E-state index in [1.807, 2.05) is 0 Å². The molecule has 2 aliphatic heterocycles. The number of urea groups is 1. The van der Waals surface area contributed by atoms with Gasteiger partial charge in [-0.3, -0.25) is 10.2 Å². The number of benzene rings is 2. The fourth-order valence-corrected chi connectivity index (χ4v) is 4.32. The number of carbonyl (C=O) groups is 1. The molecule has 4 nitrogen and oxygen atoms in total. The first-order chi connectivity index (χ1) is 11.8. The summed E-state index contributed by atoms with van der Waals surface area (Å²) in [7, 11) is 0. The van der Waals surface area contributed by atoms with Crippen LogP contribution in [0.2, 0.25) is 0 Å². The molecule has 2 aromatic rings. The molecule has 2 aliphatic rings. The largest absolute Gasteiger partial charge is 0.429 e. The van der Waals surface area contributed by atoms with Crippen LogP contribution < -0.4 is 15.5 Å². The van der Waals surface area contributed by atoms with Crippen molar-refractivity contribution in [3.8, 4) is 0 Å². The molecule has 0 aliphatic carbocycles. The number of anilines is 1. The Balaban J connectivity index is 1.79. The number of hydrogen-bond donors (Lipinski definition) is 2. The first kappa shape index (κ1) is 16.3. The molecule has 0 aromatic heterocycles. The minimum absolute atomic E-state index is 0.0462. The van der Waals surface area contributed by atoms with Crippen LogP contribution in [0, 0.1) is 6.92 Å². The number of para-hydroxylation sites is 1. The molecule has 2 amide bonds. The Kier molecular flexibility index (Phi) is 3.52. The summed E-state index contributed by atoms with van der Waals surface area (Å²) in [6, 6.07) is 12.2. The molecule has 0 unspecified atom stereocenters. The van der Waals surface area contributed by atoms with E-state index < -0.39 is 23.4 Å². The fraction of sp³-hybridized carbons (Fsp3) is 0.235. The zero-order valence-electron chi connectivity index (χ0n) is 13.1. The molecule has 2 atom stereocenters. The molecule has 2 heterocycles. The Morgan fingerprint density at radius 1 is 1.12 bits per heavy atom. The Labute approximate surface area is 146 Å². The number of carbonyl (C=O) groups excluding carboxylic acids is 1. The topological polar surface area (TPSA) is 44.4 Å². The van der Waals surface area contributed by atoms with Crippen molar-refractivity contribution < 1.29 is 18.0 Å². The van der Waals surface area contributed by atoms with Crippen LogP contribution in [0.5, 0.6) is 0 Å². The van der Waals surface area contributed by atoms with Crippen molar-refractivity contribution in [2.24, 2.45) is 0 Å². The molecule has 1 fully saturated rings. The summed E-state index contributed by atoms with van der Waals surface area (Å²) >= 11 is 1.19. The highest BCUT2D eigenvalue weighted by atomic mass is 32.2. The first-order valence-electron chi connectivity index (χ1n) is 7.60. The number of nitrogens with one attached hydrogen (secondary N) is 2. The summed E-state index contributed by atoms with van der Waals surface area (Å²) in [5, 5.41) is 4.77. The van der Waals surface area contributed by atoms with Crippen LogP contribution in [-0.4, -0.2) is 17.7 Å². The molecule has 0 bridgehead atoms. The van der Waals surface area contributed by atoms with E-state index in [9.17, 15) is 18.0 Å². The maximum absolute atomic E-state index is 14.0. The number of thioether (sulfide) groups is 1. The normalized spacial score (nSPS) is 25.4. The zero-order valence-corrected chi connectivity index (χ0v) is 13.9. The van der Waals surface area contributed by atoms with Crippen molar-refractivity contribution in [3.05, 3.63) is 59.7 Å². The van der Waals surface area contributed by atoms with Crippen molar-refractivity contribution in [3.63, 3.8) is 0 Å². The van der Waals surface area contributed by atoms with Crippen LogP contribution in [0.3, 0.4) is 0 Å². The van der Waals surface area contributed by atoms with Crippen molar-refractivity contribution in [1.82, 2.24) is 10.6 Å². The number of halogens is 3. The van der Waals surface area contributed by atoms with Crippen LogP contribution in [0.1, 0.15) is 11.1 Å². The Hall–Kier alpha value is -2.19. The van der Waals surface area contributed by atoms with Crippen LogP contribution in [-0.2, 0) is 5.66 Å². The number of fused-ring (bicyclic) bond motifs is 3. The van der Waals surface area contributed by atoms with Crippen molar-refractivity contribution >= 4 is 23.5 Å².